The summed E-state index contributed by atoms with van der Waals surface area (Å²) < 4.78 is 5.02. The van der Waals surface area contributed by atoms with E-state index in [0.717, 1.165) is 40.1 Å². The largest absolute Gasteiger partial charge is 0.455 e. The number of anilines is 1. The van der Waals surface area contributed by atoms with E-state index in [2.05, 4.69) is 22.8 Å². The van der Waals surface area contributed by atoms with Gasteiger partial charge in [-0.15, -0.1) is 11.8 Å². The molecule has 0 unspecified atom stereocenters. The maximum atomic E-state index is 12.1. The Labute approximate surface area is 187 Å². The zero-order valence-electron chi connectivity index (χ0n) is 18.2. The molecular weight excluding hydrogens is 412 g/mol. The minimum absolute atomic E-state index is 0.137. The average molecular weight is 441 g/mol. The third-order valence-electron chi connectivity index (χ3n) is 5.18. The Balaban J connectivity index is 1.36. The van der Waals surface area contributed by atoms with Crippen molar-refractivity contribution in [3.63, 3.8) is 0 Å². The molecule has 0 atom stereocenters. The van der Waals surface area contributed by atoms with Gasteiger partial charge in [-0.3, -0.25) is 14.4 Å². The Bertz CT molecular complexity index is 980. The van der Waals surface area contributed by atoms with Crippen LogP contribution in [-0.4, -0.2) is 36.7 Å². The van der Waals surface area contributed by atoms with Gasteiger partial charge in [-0.05, 0) is 74.4 Å². The fraction of sp³-hybridized carbons (Fsp3) is 0.375. The smallest absolute Gasteiger partial charge is 0.316 e. The number of esters is 1. The van der Waals surface area contributed by atoms with Crippen molar-refractivity contribution in [3.8, 4) is 0 Å². The number of carbonyl (C=O) groups excluding carboxylic acids is 3. The molecule has 1 aliphatic rings. The van der Waals surface area contributed by atoms with Crippen molar-refractivity contribution < 1.29 is 19.1 Å². The highest BCUT2D eigenvalue weighted by atomic mass is 32.2. The molecule has 0 fully saturated rings. The maximum absolute atomic E-state index is 12.1. The highest BCUT2D eigenvalue weighted by Gasteiger charge is 2.14. The number of nitrogens with one attached hydrogen (secondary N) is 2. The number of hydrogen-bond donors (Lipinski definition) is 2. The number of amides is 2. The molecule has 7 heteroatoms. The van der Waals surface area contributed by atoms with E-state index >= 15 is 0 Å². The van der Waals surface area contributed by atoms with Crippen LogP contribution in [0.1, 0.15) is 34.2 Å². The van der Waals surface area contributed by atoms with Crippen LogP contribution in [0, 0.1) is 20.8 Å². The summed E-state index contributed by atoms with van der Waals surface area (Å²) in [6.07, 6.45) is 3.40. The Morgan fingerprint density at radius 3 is 2.42 bits per heavy atom. The number of ether oxygens (including phenoxy) is 1. The first-order chi connectivity index (χ1) is 14.8. The maximum Gasteiger partial charge on any atom is 0.316 e. The molecule has 2 amide bonds. The third kappa shape index (κ3) is 6.59. The van der Waals surface area contributed by atoms with Crippen molar-refractivity contribution in [1.29, 1.82) is 0 Å². The Morgan fingerprint density at radius 1 is 0.968 bits per heavy atom. The second kappa shape index (κ2) is 10.5. The summed E-state index contributed by atoms with van der Waals surface area (Å²) in [5, 5.41) is 5.29. The van der Waals surface area contributed by atoms with E-state index in [0.29, 0.717) is 0 Å². The number of thioether (sulfide) groups is 1. The van der Waals surface area contributed by atoms with E-state index < -0.39 is 18.5 Å². The number of fused-ring (bicyclic) bond motifs is 1. The lowest BCUT2D eigenvalue weighted by molar-refractivity contribution is -0.146. The van der Waals surface area contributed by atoms with Crippen molar-refractivity contribution in [2.75, 3.05) is 24.2 Å². The van der Waals surface area contributed by atoms with E-state index in [-0.39, 0.29) is 18.2 Å². The van der Waals surface area contributed by atoms with Gasteiger partial charge in [-0.1, -0.05) is 23.8 Å². The Hall–Kier alpha value is -2.80. The first kappa shape index (κ1) is 22.9. The normalized spacial score (nSPS) is 12.2. The van der Waals surface area contributed by atoms with Crippen LogP contribution >= 0.6 is 11.8 Å². The van der Waals surface area contributed by atoms with Gasteiger partial charge in [0.1, 0.15) is 0 Å². The van der Waals surface area contributed by atoms with Crippen LogP contribution in [0.3, 0.4) is 0 Å². The van der Waals surface area contributed by atoms with Crippen LogP contribution in [0.2, 0.25) is 0 Å². The molecule has 0 aliphatic heterocycles. The molecule has 0 heterocycles. The Kier molecular flexibility index (Phi) is 7.74. The highest BCUT2D eigenvalue weighted by molar-refractivity contribution is 8.00. The summed E-state index contributed by atoms with van der Waals surface area (Å²) in [5.41, 5.74) is 6.55. The molecule has 3 rings (SSSR count). The molecule has 0 radical (unpaired) electrons. The lowest BCUT2D eigenvalue weighted by Crippen LogP contribution is -2.36. The van der Waals surface area contributed by atoms with E-state index in [1.165, 1.54) is 29.3 Å². The van der Waals surface area contributed by atoms with Gasteiger partial charge in [0.25, 0.3) is 5.91 Å². The van der Waals surface area contributed by atoms with Crippen LogP contribution in [0.5, 0.6) is 0 Å². The predicted molar refractivity (Wildman–Crippen MR) is 122 cm³/mol. The molecule has 2 aromatic carbocycles. The van der Waals surface area contributed by atoms with Gasteiger partial charge in [-0.2, -0.15) is 0 Å². The molecule has 0 spiro atoms. The summed E-state index contributed by atoms with van der Waals surface area (Å²) in [5.74, 6) is -1.17. The van der Waals surface area contributed by atoms with Crippen molar-refractivity contribution in [3.05, 3.63) is 58.1 Å². The zero-order chi connectivity index (χ0) is 22.4. The summed E-state index contributed by atoms with van der Waals surface area (Å²) in [6, 6.07) is 10.2. The van der Waals surface area contributed by atoms with E-state index in [9.17, 15) is 14.4 Å². The van der Waals surface area contributed by atoms with Gasteiger partial charge in [0.2, 0.25) is 5.91 Å². The molecule has 2 N–H and O–H groups in total. The summed E-state index contributed by atoms with van der Waals surface area (Å²) >= 11 is 1.40. The van der Waals surface area contributed by atoms with Gasteiger partial charge in [0, 0.05) is 10.6 Å². The standard InChI is InChI=1S/C24H28N2O4S/c1-15-9-16(2)24(17(3)10-15)26-21(27)12-25-22(28)13-30-23(29)14-31-20-8-7-18-5-4-6-19(18)11-20/h7-11H,4-6,12-14H2,1-3H3,(H,25,28)(H,26,27). The molecule has 31 heavy (non-hydrogen) atoms. The second-order valence-electron chi connectivity index (χ2n) is 7.83. The van der Waals surface area contributed by atoms with Crippen molar-refractivity contribution in [2.45, 2.75) is 44.9 Å². The van der Waals surface area contributed by atoms with Crippen LogP contribution in [0.4, 0.5) is 5.69 Å². The molecule has 6 nitrogen and oxygen atoms in total. The molecule has 0 bridgehead atoms. The lowest BCUT2D eigenvalue weighted by atomic mass is 10.1. The van der Waals surface area contributed by atoms with Gasteiger partial charge in [0.05, 0.1) is 12.3 Å². The average Bonchev–Trinajstić information content (AvgIpc) is 3.19. The van der Waals surface area contributed by atoms with Gasteiger partial charge >= 0.3 is 5.97 Å². The van der Waals surface area contributed by atoms with E-state index in [1.54, 1.807) is 0 Å². The molecule has 0 saturated carbocycles. The van der Waals surface area contributed by atoms with Crippen molar-refractivity contribution >= 4 is 35.2 Å². The van der Waals surface area contributed by atoms with Crippen LogP contribution in [-0.2, 0) is 32.0 Å². The van der Waals surface area contributed by atoms with Gasteiger partial charge in [-0.25, -0.2) is 0 Å². The predicted octanol–water partition coefficient (Wildman–Crippen LogP) is 3.49. The summed E-state index contributed by atoms with van der Waals surface area (Å²) in [7, 11) is 0. The molecule has 164 valence electrons. The monoisotopic (exact) mass is 440 g/mol. The number of hydrogen-bond acceptors (Lipinski definition) is 5. The topological polar surface area (TPSA) is 84.5 Å². The van der Waals surface area contributed by atoms with Crippen molar-refractivity contribution in [1.82, 2.24) is 5.32 Å². The van der Waals surface area contributed by atoms with Gasteiger partial charge < -0.3 is 15.4 Å². The van der Waals surface area contributed by atoms with E-state index in [4.69, 9.17) is 4.74 Å². The minimum atomic E-state index is -0.511. The fourth-order valence-corrected chi connectivity index (χ4v) is 4.52. The summed E-state index contributed by atoms with van der Waals surface area (Å²) in [4.78, 5) is 37.0. The number of carbonyl (C=O) groups is 3. The molecule has 1 aliphatic carbocycles. The second-order valence-corrected chi connectivity index (χ2v) is 8.88. The summed E-state index contributed by atoms with van der Waals surface area (Å²) in [6.45, 7) is 5.26. The molecule has 2 aromatic rings. The fourth-order valence-electron chi connectivity index (χ4n) is 3.76. The number of aryl methyl sites for hydroxylation is 5. The van der Waals surface area contributed by atoms with Gasteiger partial charge in [0.15, 0.2) is 6.61 Å². The quantitative estimate of drug-likeness (QED) is 0.485. The highest BCUT2D eigenvalue weighted by Crippen LogP contribution is 2.27. The molecule has 0 aromatic heterocycles. The van der Waals surface area contributed by atoms with Crippen LogP contribution in [0.25, 0.3) is 0 Å². The lowest BCUT2D eigenvalue weighted by Gasteiger charge is -2.13. The Morgan fingerprint density at radius 2 is 1.68 bits per heavy atom. The first-order valence-electron chi connectivity index (χ1n) is 10.4. The number of benzene rings is 2. The first-order valence-corrected chi connectivity index (χ1v) is 11.3. The third-order valence-corrected chi connectivity index (χ3v) is 6.15. The van der Waals surface area contributed by atoms with Crippen LogP contribution in [0.15, 0.2) is 35.2 Å². The SMILES string of the molecule is Cc1cc(C)c(NC(=O)CNC(=O)COC(=O)CSc2ccc3c(c2)CCC3)c(C)c1. The number of rotatable bonds is 8. The minimum Gasteiger partial charge on any atom is -0.455 e. The van der Waals surface area contributed by atoms with Crippen LogP contribution < -0.4 is 10.6 Å². The van der Waals surface area contributed by atoms with E-state index in [1.807, 2.05) is 39.0 Å². The van der Waals surface area contributed by atoms with Crippen molar-refractivity contribution in [2.24, 2.45) is 0 Å². The molecule has 0 saturated heterocycles. The molecular formula is C24H28N2O4S. The zero-order valence-corrected chi connectivity index (χ0v) is 19.0.